The summed E-state index contributed by atoms with van der Waals surface area (Å²) in [7, 11) is 1.75. The Kier molecular flexibility index (Phi) is 9.59. The van der Waals surface area contributed by atoms with Crippen molar-refractivity contribution in [2.75, 3.05) is 66.0 Å². The fourth-order valence-corrected chi connectivity index (χ4v) is 2.54. The second-order valence-electron chi connectivity index (χ2n) is 7.13. The summed E-state index contributed by atoms with van der Waals surface area (Å²) in [5.74, 6) is 0.748. The summed E-state index contributed by atoms with van der Waals surface area (Å²) in [6.07, 6.45) is -0.400. The van der Waals surface area contributed by atoms with Gasteiger partial charge in [0.05, 0.1) is 0 Å². The Morgan fingerprint density at radius 1 is 1.00 bits per heavy atom. The summed E-state index contributed by atoms with van der Waals surface area (Å²) in [5, 5.41) is 9.21. The van der Waals surface area contributed by atoms with E-state index in [-0.39, 0.29) is 0 Å². The van der Waals surface area contributed by atoms with Crippen LogP contribution in [0.15, 0.2) is 4.99 Å². The number of hydrogen-bond donors (Lipinski definition) is 3. The first-order valence-corrected chi connectivity index (χ1v) is 9.20. The third kappa shape index (κ3) is 10.1. The van der Waals surface area contributed by atoms with Gasteiger partial charge in [0.15, 0.2) is 5.96 Å². The maximum absolute atomic E-state index is 11.5. The van der Waals surface area contributed by atoms with Gasteiger partial charge in [-0.05, 0) is 27.3 Å². The lowest BCUT2D eigenvalue weighted by atomic mass is 10.2. The van der Waals surface area contributed by atoms with E-state index in [9.17, 15) is 4.79 Å². The Balaban J connectivity index is 2.10. The molecule has 0 spiro atoms. The molecule has 1 heterocycles. The van der Waals surface area contributed by atoms with E-state index in [1.54, 1.807) is 7.05 Å². The minimum atomic E-state index is -0.474. The molecule has 0 bridgehead atoms. The predicted molar refractivity (Wildman–Crippen MR) is 102 cm³/mol. The van der Waals surface area contributed by atoms with Crippen molar-refractivity contribution in [3.8, 4) is 0 Å². The van der Waals surface area contributed by atoms with Crippen LogP contribution >= 0.6 is 0 Å². The zero-order valence-electron chi connectivity index (χ0n) is 16.5. The molecule has 1 rings (SSSR count). The lowest BCUT2D eigenvalue weighted by Crippen LogP contribution is -2.49. The molecule has 146 valence electrons. The molecule has 8 nitrogen and oxygen atoms in total. The third-order valence-electron chi connectivity index (χ3n) is 3.94. The molecule has 0 aromatic rings. The molecule has 1 saturated heterocycles. The quantitative estimate of drug-likeness (QED) is 0.346. The van der Waals surface area contributed by atoms with Crippen molar-refractivity contribution in [3.63, 3.8) is 0 Å². The fraction of sp³-hybridized carbons (Fsp3) is 0.882. The Hall–Kier alpha value is -1.54. The molecule has 1 aliphatic rings. The van der Waals surface area contributed by atoms with Crippen LogP contribution in [0.25, 0.3) is 0 Å². The average molecular weight is 357 g/mol. The molecule has 8 heteroatoms. The minimum absolute atomic E-state index is 0.400. The number of carbonyl (C=O) groups excluding carboxylic acids is 1. The second-order valence-corrected chi connectivity index (χ2v) is 7.13. The van der Waals surface area contributed by atoms with Gasteiger partial charge in [-0.1, -0.05) is 6.92 Å². The summed E-state index contributed by atoms with van der Waals surface area (Å²) in [6, 6.07) is 0. The number of aliphatic imine (C=N–C) groups is 1. The van der Waals surface area contributed by atoms with Gasteiger partial charge in [0, 0.05) is 59.4 Å². The molecule has 0 atom stereocenters. The van der Waals surface area contributed by atoms with Crippen LogP contribution < -0.4 is 16.0 Å². The number of nitrogens with zero attached hydrogens (tertiary/aromatic N) is 3. The van der Waals surface area contributed by atoms with Gasteiger partial charge in [0.25, 0.3) is 0 Å². The standard InChI is InChI=1S/C17H36N6O2/c1-6-22-11-13-23(14-12-22)10-9-20-15(18-5)19-7-8-21-16(24)25-17(2,3)4/h6-14H2,1-5H3,(H,21,24)(H2,18,19,20). The number of carbonyl (C=O) groups is 1. The number of guanidine groups is 1. The molecule has 0 aromatic carbocycles. The maximum atomic E-state index is 11.5. The largest absolute Gasteiger partial charge is 0.444 e. The van der Waals surface area contributed by atoms with Crippen molar-refractivity contribution < 1.29 is 9.53 Å². The van der Waals surface area contributed by atoms with Crippen LogP contribution in [0, 0.1) is 0 Å². The summed E-state index contributed by atoms with van der Waals surface area (Å²) < 4.78 is 5.19. The van der Waals surface area contributed by atoms with E-state index in [0.29, 0.717) is 13.1 Å². The predicted octanol–water partition coefficient (Wildman–Crippen LogP) is 0.314. The van der Waals surface area contributed by atoms with Gasteiger partial charge in [0.1, 0.15) is 5.60 Å². The van der Waals surface area contributed by atoms with E-state index in [1.807, 2.05) is 20.8 Å². The number of piperazine rings is 1. The fourth-order valence-electron chi connectivity index (χ4n) is 2.54. The number of rotatable bonds is 7. The number of likely N-dealkylation sites (N-methyl/N-ethyl adjacent to an activating group) is 1. The zero-order valence-corrected chi connectivity index (χ0v) is 16.5. The molecule has 0 radical (unpaired) electrons. The Morgan fingerprint density at radius 3 is 2.12 bits per heavy atom. The number of nitrogens with one attached hydrogen (secondary N) is 3. The molecular weight excluding hydrogens is 320 g/mol. The van der Waals surface area contributed by atoms with Crippen LogP contribution in [0.2, 0.25) is 0 Å². The molecule has 25 heavy (non-hydrogen) atoms. The highest BCUT2D eigenvalue weighted by Gasteiger charge is 2.16. The van der Waals surface area contributed by atoms with E-state index in [0.717, 1.165) is 51.8 Å². The number of hydrogen-bond acceptors (Lipinski definition) is 5. The Labute approximate surface area is 152 Å². The van der Waals surface area contributed by atoms with E-state index in [1.165, 1.54) is 0 Å². The molecule has 1 aliphatic heterocycles. The summed E-state index contributed by atoms with van der Waals surface area (Å²) >= 11 is 0. The lowest BCUT2D eigenvalue weighted by Gasteiger charge is -2.34. The van der Waals surface area contributed by atoms with Gasteiger partial charge in [0.2, 0.25) is 0 Å². The average Bonchev–Trinajstić information content (AvgIpc) is 2.56. The van der Waals surface area contributed by atoms with Crippen molar-refractivity contribution >= 4 is 12.1 Å². The number of amides is 1. The third-order valence-corrected chi connectivity index (χ3v) is 3.94. The second kappa shape index (κ2) is 11.1. The van der Waals surface area contributed by atoms with Crippen molar-refractivity contribution in [1.29, 1.82) is 0 Å². The first-order valence-electron chi connectivity index (χ1n) is 9.20. The van der Waals surface area contributed by atoms with E-state index >= 15 is 0 Å². The molecule has 1 amide bonds. The molecular formula is C17H36N6O2. The molecule has 0 unspecified atom stereocenters. The highest BCUT2D eigenvalue weighted by molar-refractivity contribution is 5.79. The highest BCUT2D eigenvalue weighted by Crippen LogP contribution is 2.06. The van der Waals surface area contributed by atoms with Crippen LogP contribution in [0.4, 0.5) is 4.79 Å². The zero-order chi connectivity index (χ0) is 18.7. The smallest absolute Gasteiger partial charge is 0.407 e. The number of alkyl carbamates (subject to hydrolysis) is 1. The SMILES string of the molecule is CCN1CCN(CCNC(=NC)NCCNC(=O)OC(C)(C)C)CC1. The van der Waals surface area contributed by atoms with Gasteiger partial charge < -0.3 is 25.6 Å². The van der Waals surface area contributed by atoms with E-state index in [2.05, 4.69) is 37.7 Å². The van der Waals surface area contributed by atoms with Gasteiger partial charge in [-0.15, -0.1) is 0 Å². The first kappa shape index (κ1) is 21.5. The summed E-state index contributed by atoms with van der Waals surface area (Å²) in [5.41, 5.74) is -0.474. The van der Waals surface area contributed by atoms with Crippen molar-refractivity contribution in [1.82, 2.24) is 25.8 Å². The van der Waals surface area contributed by atoms with Crippen molar-refractivity contribution in [3.05, 3.63) is 0 Å². The van der Waals surface area contributed by atoms with Crippen molar-refractivity contribution in [2.45, 2.75) is 33.3 Å². The van der Waals surface area contributed by atoms with E-state index < -0.39 is 11.7 Å². The number of ether oxygens (including phenoxy) is 1. The summed E-state index contributed by atoms with van der Waals surface area (Å²) in [6.45, 7) is 16.4. The van der Waals surface area contributed by atoms with Crippen LogP contribution in [0.5, 0.6) is 0 Å². The van der Waals surface area contributed by atoms with Crippen LogP contribution in [-0.2, 0) is 4.74 Å². The topological polar surface area (TPSA) is 81.2 Å². The van der Waals surface area contributed by atoms with Crippen LogP contribution in [0.3, 0.4) is 0 Å². The van der Waals surface area contributed by atoms with Gasteiger partial charge in [-0.25, -0.2) is 4.79 Å². The lowest BCUT2D eigenvalue weighted by molar-refractivity contribution is 0.0529. The first-order chi connectivity index (χ1) is 11.8. The molecule has 0 aliphatic carbocycles. The molecule has 3 N–H and O–H groups in total. The van der Waals surface area contributed by atoms with Crippen LogP contribution in [0.1, 0.15) is 27.7 Å². The Bertz CT molecular complexity index is 414. The van der Waals surface area contributed by atoms with E-state index in [4.69, 9.17) is 4.74 Å². The minimum Gasteiger partial charge on any atom is -0.444 e. The maximum Gasteiger partial charge on any atom is 0.407 e. The van der Waals surface area contributed by atoms with Crippen LogP contribution in [-0.4, -0.2) is 93.4 Å². The monoisotopic (exact) mass is 356 g/mol. The Morgan fingerprint density at radius 2 is 1.56 bits per heavy atom. The van der Waals surface area contributed by atoms with Gasteiger partial charge >= 0.3 is 6.09 Å². The van der Waals surface area contributed by atoms with Gasteiger partial charge in [-0.2, -0.15) is 0 Å². The normalized spacial score (nSPS) is 17.2. The molecule has 0 saturated carbocycles. The summed E-state index contributed by atoms with van der Waals surface area (Å²) in [4.78, 5) is 20.7. The highest BCUT2D eigenvalue weighted by atomic mass is 16.6. The van der Waals surface area contributed by atoms with Gasteiger partial charge in [-0.3, -0.25) is 9.89 Å². The molecule has 0 aromatic heterocycles. The molecule has 1 fully saturated rings. The van der Waals surface area contributed by atoms with Crippen molar-refractivity contribution in [2.24, 2.45) is 4.99 Å².